The van der Waals surface area contributed by atoms with Crippen molar-refractivity contribution in [3.63, 3.8) is 0 Å². The fraction of sp³-hybridized carbons (Fsp3) is 0.500. The van der Waals surface area contributed by atoms with Crippen molar-refractivity contribution >= 4 is 0 Å². The maximum atomic E-state index is 10.4. The Morgan fingerprint density at radius 2 is 1.33 bits per heavy atom. The van der Waals surface area contributed by atoms with Crippen molar-refractivity contribution in [2.75, 3.05) is 0 Å². The first-order valence-corrected chi connectivity index (χ1v) is 7.60. The van der Waals surface area contributed by atoms with Crippen LogP contribution in [0.3, 0.4) is 0 Å². The first kappa shape index (κ1) is 27.9. The maximum Gasteiger partial charge on any atom is 0.123 e. The Morgan fingerprint density at radius 1 is 0.917 bits per heavy atom. The summed E-state index contributed by atoms with van der Waals surface area (Å²) in [5.41, 5.74) is 3.26. The van der Waals surface area contributed by atoms with Crippen LogP contribution in [0.25, 0.3) is 0 Å². The fourth-order valence-corrected chi connectivity index (χ4v) is 2.26. The Balaban J connectivity index is -0.000000475. The number of halogens is 2. The molecule has 0 radical (unpaired) electrons. The zero-order chi connectivity index (χ0) is 16.3. The summed E-state index contributed by atoms with van der Waals surface area (Å²) in [6.45, 7) is 14.9. The van der Waals surface area contributed by atoms with Crippen molar-refractivity contribution in [2.45, 2.75) is 65.7 Å². The molecule has 4 heteroatoms. The number of phenols is 1. The number of hydrogen-bond acceptors (Lipinski definition) is 1. The molecule has 0 heterocycles. The number of aryl methyl sites for hydroxylation is 1. The molecule has 24 heavy (non-hydrogen) atoms. The number of benzene rings is 1. The molecule has 0 spiro atoms. The van der Waals surface area contributed by atoms with Crippen LogP contribution >= 0.6 is 0 Å². The first-order valence-electron chi connectivity index (χ1n) is 7.60. The van der Waals surface area contributed by atoms with Gasteiger partial charge >= 0.3 is 0 Å². The summed E-state index contributed by atoms with van der Waals surface area (Å²) < 4.78 is 0. The molecule has 0 fully saturated rings. The minimum atomic E-state index is -0.0178. The minimum absolute atomic E-state index is 0. The van der Waals surface area contributed by atoms with Crippen molar-refractivity contribution in [2.24, 2.45) is 0 Å². The largest absolute Gasteiger partial charge is 0.507 e. The van der Waals surface area contributed by atoms with E-state index in [0.717, 1.165) is 17.5 Å². The molecule has 0 aliphatic heterocycles. The van der Waals surface area contributed by atoms with Crippen molar-refractivity contribution < 1.29 is 36.2 Å². The Morgan fingerprint density at radius 3 is 1.54 bits per heavy atom. The summed E-state index contributed by atoms with van der Waals surface area (Å²) in [4.78, 5) is 0. The molecular formula is C20H31F2OTi-. The molecule has 1 aliphatic carbocycles. The van der Waals surface area contributed by atoms with E-state index in [9.17, 15) is 5.11 Å². The van der Waals surface area contributed by atoms with Gasteiger partial charge in [-0.25, -0.2) is 12.2 Å². The third-order valence-corrected chi connectivity index (χ3v) is 3.46. The second kappa shape index (κ2) is 10.8. The van der Waals surface area contributed by atoms with Gasteiger partial charge in [-0.3, -0.25) is 15.5 Å². The number of hydrogen-bond donors (Lipinski definition) is 1. The van der Waals surface area contributed by atoms with Crippen LogP contribution in [0, 0.1) is 13.0 Å². The molecule has 2 rings (SSSR count). The van der Waals surface area contributed by atoms with Gasteiger partial charge in [0, 0.05) is 21.7 Å². The van der Waals surface area contributed by atoms with E-state index in [1.165, 1.54) is 5.56 Å². The average Bonchev–Trinajstić information content (AvgIpc) is 2.87. The molecule has 1 aromatic rings. The quantitative estimate of drug-likeness (QED) is 0.443. The van der Waals surface area contributed by atoms with Crippen molar-refractivity contribution in [3.8, 4) is 5.75 Å². The third kappa shape index (κ3) is 8.26. The molecule has 1 nitrogen and oxygen atoms in total. The molecule has 0 saturated carbocycles. The van der Waals surface area contributed by atoms with Crippen molar-refractivity contribution in [3.05, 3.63) is 53.1 Å². The SMILES string of the molecule is Cc1cc(C(C)(C)C)c(O)c(C(C)(C)C)c1.F.F.[C-]1=CC=CC1.[Ti]. The molecule has 1 aromatic carbocycles. The smallest absolute Gasteiger partial charge is 0.123 e. The van der Waals surface area contributed by atoms with Gasteiger partial charge in [0.05, 0.1) is 0 Å². The zero-order valence-electron chi connectivity index (χ0n) is 15.9. The maximum absolute atomic E-state index is 10.4. The second-order valence-corrected chi connectivity index (χ2v) is 7.71. The van der Waals surface area contributed by atoms with Gasteiger partial charge in [-0.1, -0.05) is 59.2 Å². The van der Waals surface area contributed by atoms with Crippen LogP contribution in [0.5, 0.6) is 5.75 Å². The van der Waals surface area contributed by atoms with Gasteiger partial charge in [-0.2, -0.15) is 6.08 Å². The molecule has 0 bridgehead atoms. The van der Waals surface area contributed by atoms with E-state index in [1.807, 2.05) is 12.2 Å². The topological polar surface area (TPSA) is 20.2 Å². The van der Waals surface area contributed by atoms with Crippen LogP contribution in [0.15, 0.2) is 30.4 Å². The Bertz CT molecular complexity index is 505. The van der Waals surface area contributed by atoms with Crippen LogP contribution in [-0.4, -0.2) is 5.11 Å². The third-order valence-electron chi connectivity index (χ3n) is 3.46. The van der Waals surface area contributed by atoms with E-state index < -0.39 is 0 Å². The van der Waals surface area contributed by atoms with E-state index in [0.29, 0.717) is 5.75 Å². The molecule has 0 aromatic heterocycles. The van der Waals surface area contributed by atoms with Crippen LogP contribution in [0.1, 0.15) is 64.7 Å². The van der Waals surface area contributed by atoms with Gasteiger partial charge in [0.25, 0.3) is 0 Å². The molecule has 136 valence electrons. The predicted octanol–water partition coefficient (Wildman–Crippen LogP) is 5.90. The van der Waals surface area contributed by atoms with E-state index in [-0.39, 0.29) is 42.0 Å². The van der Waals surface area contributed by atoms with Gasteiger partial charge in [0.15, 0.2) is 0 Å². The standard InChI is InChI=1S/C15H24O.C5H5.2FH.Ti/c1-10-8-11(14(2,3)4)13(16)12(9-10)15(5,6)7;1-2-4-5-3-1;;;/h8-9,16H,1-7H3;1-3H,4H2;2*1H;/q;-1;;;. The summed E-state index contributed by atoms with van der Waals surface area (Å²) in [5, 5.41) is 10.4. The molecular weight excluding hydrogens is 342 g/mol. The summed E-state index contributed by atoms with van der Waals surface area (Å²) in [6.07, 6.45) is 10.0. The van der Waals surface area contributed by atoms with E-state index >= 15 is 0 Å². The van der Waals surface area contributed by atoms with Crippen LogP contribution in [0.4, 0.5) is 9.41 Å². The van der Waals surface area contributed by atoms with Crippen molar-refractivity contribution in [1.82, 2.24) is 0 Å². The number of aromatic hydroxyl groups is 1. The molecule has 0 saturated heterocycles. The first-order chi connectivity index (χ1) is 9.53. The normalized spacial score (nSPS) is 12.3. The Kier molecular flexibility index (Phi) is 12.6. The van der Waals surface area contributed by atoms with E-state index in [2.05, 4.69) is 72.8 Å². The van der Waals surface area contributed by atoms with Gasteiger partial charge in [-0.05, 0) is 28.9 Å². The summed E-state index contributed by atoms with van der Waals surface area (Å²) in [7, 11) is 0. The van der Waals surface area contributed by atoms with Gasteiger partial charge < -0.3 is 5.11 Å². The summed E-state index contributed by atoms with van der Waals surface area (Å²) in [5.74, 6) is 0.464. The van der Waals surface area contributed by atoms with Crippen molar-refractivity contribution in [1.29, 1.82) is 0 Å². The summed E-state index contributed by atoms with van der Waals surface area (Å²) >= 11 is 0. The number of allylic oxidation sites excluding steroid dienone is 4. The van der Waals surface area contributed by atoms with Gasteiger partial charge in [0.2, 0.25) is 0 Å². The Hall–Kier alpha value is -0.926. The predicted molar refractivity (Wildman–Crippen MR) is 96.8 cm³/mol. The molecule has 1 N–H and O–H groups in total. The molecule has 0 atom stereocenters. The van der Waals surface area contributed by atoms with Gasteiger partial charge in [-0.15, -0.1) is 6.42 Å². The fourth-order valence-electron chi connectivity index (χ4n) is 2.26. The number of phenolic OH excluding ortho intramolecular Hbond substituents is 1. The van der Waals surface area contributed by atoms with E-state index in [4.69, 9.17) is 0 Å². The van der Waals surface area contributed by atoms with Crippen LogP contribution in [0.2, 0.25) is 0 Å². The second-order valence-electron chi connectivity index (χ2n) is 7.71. The summed E-state index contributed by atoms with van der Waals surface area (Å²) in [6, 6.07) is 4.18. The van der Waals surface area contributed by atoms with E-state index in [1.54, 1.807) is 0 Å². The molecule has 1 aliphatic rings. The average molecular weight is 373 g/mol. The minimum Gasteiger partial charge on any atom is -0.507 e. The number of rotatable bonds is 0. The van der Waals surface area contributed by atoms with Gasteiger partial charge in [0.1, 0.15) is 5.75 Å². The molecule has 0 unspecified atom stereocenters. The zero-order valence-corrected chi connectivity index (χ0v) is 17.4. The molecule has 0 amide bonds. The monoisotopic (exact) mass is 373 g/mol. The Labute approximate surface area is 160 Å². The van der Waals surface area contributed by atoms with Crippen LogP contribution < -0.4 is 0 Å². The van der Waals surface area contributed by atoms with Crippen LogP contribution in [-0.2, 0) is 32.5 Å².